The fraction of sp³-hybridized carbons (Fsp3) is 0.400. The topological polar surface area (TPSA) is 68.3 Å². The monoisotopic (exact) mass is 406 g/mol. The second-order valence-electron chi connectivity index (χ2n) is 6.51. The van der Waals surface area contributed by atoms with Crippen molar-refractivity contribution in [1.82, 2.24) is 9.21 Å². The SMILES string of the molecule is COc1ccccc1CN1CCN(S(=O)(=O)c2ccc(OC)c(OC)c2)CC1. The number of rotatable bonds is 7. The quantitative estimate of drug-likeness (QED) is 0.702. The number of hydrogen-bond donors (Lipinski definition) is 0. The highest BCUT2D eigenvalue weighted by molar-refractivity contribution is 7.89. The molecule has 0 amide bonds. The molecule has 7 nitrogen and oxygen atoms in total. The second kappa shape index (κ2) is 8.81. The predicted molar refractivity (Wildman–Crippen MR) is 107 cm³/mol. The normalized spacial score (nSPS) is 16.0. The van der Waals surface area contributed by atoms with Crippen LogP contribution in [0.15, 0.2) is 47.4 Å². The minimum atomic E-state index is -3.58. The average Bonchev–Trinajstić information content (AvgIpc) is 2.74. The Morgan fingerprint density at radius 2 is 1.46 bits per heavy atom. The van der Waals surface area contributed by atoms with Crippen LogP contribution >= 0.6 is 0 Å². The van der Waals surface area contributed by atoms with Crippen LogP contribution in [0.2, 0.25) is 0 Å². The van der Waals surface area contributed by atoms with Gasteiger partial charge in [0.25, 0.3) is 0 Å². The molecular formula is C20H26N2O5S. The summed E-state index contributed by atoms with van der Waals surface area (Å²) in [4.78, 5) is 2.45. The third-order valence-electron chi connectivity index (χ3n) is 4.91. The van der Waals surface area contributed by atoms with Crippen LogP contribution < -0.4 is 14.2 Å². The van der Waals surface area contributed by atoms with Crippen molar-refractivity contribution >= 4 is 10.0 Å². The third kappa shape index (κ3) is 4.24. The number of ether oxygens (including phenoxy) is 3. The standard InChI is InChI=1S/C20H26N2O5S/c1-25-18-7-5-4-6-16(18)15-21-10-12-22(13-11-21)28(23,24)17-8-9-19(26-2)20(14-17)27-3/h4-9,14H,10-13,15H2,1-3H3. The molecule has 2 aromatic carbocycles. The molecule has 0 N–H and O–H groups in total. The van der Waals surface area contributed by atoms with Crippen molar-refractivity contribution in [3.63, 3.8) is 0 Å². The Hall–Kier alpha value is -2.29. The third-order valence-corrected chi connectivity index (χ3v) is 6.81. The number of sulfonamides is 1. The van der Waals surface area contributed by atoms with Gasteiger partial charge in [-0.05, 0) is 18.2 Å². The summed E-state index contributed by atoms with van der Waals surface area (Å²) >= 11 is 0. The van der Waals surface area contributed by atoms with E-state index in [9.17, 15) is 8.42 Å². The van der Waals surface area contributed by atoms with Gasteiger partial charge in [0.15, 0.2) is 11.5 Å². The number of nitrogens with zero attached hydrogens (tertiary/aromatic N) is 2. The van der Waals surface area contributed by atoms with E-state index >= 15 is 0 Å². The lowest BCUT2D eigenvalue weighted by Gasteiger charge is -2.34. The maximum Gasteiger partial charge on any atom is 0.243 e. The van der Waals surface area contributed by atoms with Crippen LogP contribution in [-0.2, 0) is 16.6 Å². The summed E-state index contributed by atoms with van der Waals surface area (Å²) < 4.78 is 43.4. The lowest BCUT2D eigenvalue weighted by atomic mass is 10.2. The van der Waals surface area contributed by atoms with Gasteiger partial charge >= 0.3 is 0 Å². The lowest BCUT2D eigenvalue weighted by molar-refractivity contribution is 0.180. The van der Waals surface area contributed by atoms with E-state index in [1.165, 1.54) is 24.6 Å². The molecule has 1 saturated heterocycles. The van der Waals surface area contributed by atoms with E-state index in [4.69, 9.17) is 14.2 Å². The van der Waals surface area contributed by atoms with Crippen LogP contribution in [0.5, 0.6) is 17.2 Å². The highest BCUT2D eigenvalue weighted by Crippen LogP contribution is 2.31. The molecule has 1 heterocycles. The van der Waals surface area contributed by atoms with E-state index in [1.807, 2.05) is 24.3 Å². The summed E-state index contributed by atoms with van der Waals surface area (Å²) in [7, 11) is 1.09. The molecule has 3 rings (SSSR count). The van der Waals surface area contributed by atoms with E-state index in [2.05, 4.69) is 4.90 Å². The van der Waals surface area contributed by atoms with E-state index in [0.717, 1.165) is 17.9 Å². The molecule has 1 aliphatic rings. The zero-order valence-electron chi connectivity index (χ0n) is 16.4. The van der Waals surface area contributed by atoms with Crippen molar-refractivity contribution in [2.45, 2.75) is 11.4 Å². The molecule has 0 radical (unpaired) electrons. The molecule has 0 saturated carbocycles. The zero-order chi connectivity index (χ0) is 20.1. The number of hydrogen-bond acceptors (Lipinski definition) is 6. The summed E-state index contributed by atoms with van der Waals surface area (Å²) in [5.41, 5.74) is 1.10. The first-order valence-electron chi connectivity index (χ1n) is 9.06. The molecule has 2 aromatic rings. The van der Waals surface area contributed by atoms with E-state index in [1.54, 1.807) is 19.2 Å². The second-order valence-corrected chi connectivity index (χ2v) is 8.45. The summed E-state index contributed by atoms with van der Waals surface area (Å²) in [5.74, 6) is 1.75. The zero-order valence-corrected chi connectivity index (χ0v) is 17.2. The molecule has 28 heavy (non-hydrogen) atoms. The van der Waals surface area contributed by atoms with Crippen molar-refractivity contribution in [2.24, 2.45) is 0 Å². The molecule has 0 unspecified atom stereocenters. The van der Waals surface area contributed by atoms with Crippen LogP contribution in [-0.4, -0.2) is 65.1 Å². The highest BCUT2D eigenvalue weighted by Gasteiger charge is 2.29. The lowest BCUT2D eigenvalue weighted by Crippen LogP contribution is -2.48. The van der Waals surface area contributed by atoms with Crippen molar-refractivity contribution in [3.05, 3.63) is 48.0 Å². The van der Waals surface area contributed by atoms with E-state index < -0.39 is 10.0 Å². The Balaban J connectivity index is 1.68. The Morgan fingerprint density at radius 1 is 0.821 bits per heavy atom. The van der Waals surface area contributed by atoms with Gasteiger partial charge in [-0.25, -0.2) is 8.42 Å². The number of benzene rings is 2. The molecule has 1 aliphatic heterocycles. The van der Waals surface area contributed by atoms with Crippen molar-refractivity contribution in [3.8, 4) is 17.2 Å². The van der Waals surface area contributed by atoms with Gasteiger partial charge in [-0.1, -0.05) is 18.2 Å². The smallest absolute Gasteiger partial charge is 0.243 e. The van der Waals surface area contributed by atoms with Crippen LogP contribution in [0.4, 0.5) is 0 Å². The molecule has 0 aliphatic carbocycles. The van der Waals surface area contributed by atoms with Crippen LogP contribution in [0.1, 0.15) is 5.56 Å². The Kier molecular flexibility index (Phi) is 6.43. The fourth-order valence-electron chi connectivity index (χ4n) is 3.33. The minimum Gasteiger partial charge on any atom is -0.496 e. The van der Waals surface area contributed by atoms with Crippen molar-refractivity contribution in [2.75, 3.05) is 47.5 Å². The van der Waals surface area contributed by atoms with Gasteiger partial charge in [0.1, 0.15) is 5.75 Å². The summed E-state index contributed by atoms with van der Waals surface area (Å²) in [5, 5.41) is 0. The van der Waals surface area contributed by atoms with Crippen molar-refractivity contribution < 1.29 is 22.6 Å². The maximum atomic E-state index is 13.0. The molecule has 1 fully saturated rings. The van der Waals surface area contributed by atoms with E-state index in [0.29, 0.717) is 37.7 Å². The highest BCUT2D eigenvalue weighted by atomic mass is 32.2. The largest absolute Gasteiger partial charge is 0.496 e. The van der Waals surface area contributed by atoms with Gasteiger partial charge in [0.2, 0.25) is 10.0 Å². The van der Waals surface area contributed by atoms with Gasteiger partial charge in [0.05, 0.1) is 26.2 Å². The average molecular weight is 407 g/mol. The maximum absolute atomic E-state index is 13.0. The number of methoxy groups -OCH3 is 3. The predicted octanol–water partition coefficient (Wildman–Crippen LogP) is 2.22. The first-order valence-corrected chi connectivity index (χ1v) is 10.5. The molecule has 8 heteroatoms. The van der Waals surface area contributed by atoms with Crippen LogP contribution in [0, 0.1) is 0 Å². The van der Waals surface area contributed by atoms with Crippen LogP contribution in [0.3, 0.4) is 0 Å². The molecule has 0 bridgehead atoms. The fourth-order valence-corrected chi connectivity index (χ4v) is 4.77. The Labute approximate surface area is 166 Å². The van der Waals surface area contributed by atoms with Gasteiger partial charge < -0.3 is 14.2 Å². The van der Waals surface area contributed by atoms with Gasteiger partial charge in [-0.15, -0.1) is 0 Å². The van der Waals surface area contributed by atoms with E-state index in [-0.39, 0.29) is 4.90 Å². The summed E-state index contributed by atoms with van der Waals surface area (Å²) in [6, 6.07) is 12.6. The Bertz CT molecular complexity index is 909. The first kappa shape index (κ1) is 20.4. The first-order chi connectivity index (χ1) is 13.5. The molecule has 0 atom stereocenters. The Morgan fingerprint density at radius 3 is 2.11 bits per heavy atom. The molecular weight excluding hydrogens is 380 g/mol. The minimum absolute atomic E-state index is 0.211. The van der Waals surface area contributed by atoms with Crippen LogP contribution in [0.25, 0.3) is 0 Å². The number of para-hydroxylation sites is 1. The molecule has 0 aromatic heterocycles. The summed E-state index contributed by atoms with van der Waals surface area (Å²) in [6.45, 7) is 2.92. The van der Waals surface area contributed by atoms with Gasteiger partial charge in [-0.2, -0.15) is 4.31 Å². The molecule has 0 spiro atoms. The van der Waals surface area contributed by atoms with Gasteiger partial charge in [-0.3, -0.25) is 4.90 Å². The summed E-state index contributed by atoms with van der Waals surface area (Å²) in [6.07, 6.45) is 0. The number of piperazine rings is 1. The van der Waals surface area contributed by atoms with Gasteiger partial charge in [0, 0.05) is 44.4 Å². The van der Waals surface area contributed by atoms with Crippen molar-refractivity contribution in [1.29, 1.82) is 0 Å². The molecule has 152 valence electrons.